The Labute approximate surface area is 125 Å². The Balaban J connectivity index is 2.06. The lowest BCUT2D eigenvalue weighted by molar-refractivity contribution is -0.144. The molecular formula is C12H16N4O4S. The number of urea groups is 1. The minimum absolute atomic E-state index is 0.0909. The average molecular weight is 312 g/mol. The number of aliphatic carboxylic acids is 1. The summed E-state index contributed by atoms with van der Waals surface area (Å²) >= 11 is 1.41. The van der Waals surface area contributed by atoms with Crippen molar-refractivity contribution in [3.8, 4) is 0 Å². The van der Waals surface area contributed by atoms with Crippen molar-refractivity contribution in [2.24, 2.45) is 0 Å². The molecule has 3 N–H and O–H groups in total. The van der Waals surface area contributed by atoms with Gasteiger partial charge in [0.25, 0.3) is 0 Å². The van der Waals surface area contributed by atoms with Gasteiger partial charge in [-0.25, -0.2) is 14.6 Å². The van der Waals surface area contributed by atoms with Gasteiger partial charge in [-0.05, 0) is 13.8 Å². The Bertz CT molecular complexity index is 573. The van der Waals surface area contributed by atoms with Gasteiger partial charge in [0.2, 0.25) is 5.91 Å². The number of amides is 3. The van der Waals surface area contributed by atoms with Crippen LogP contribution in [0.4, 0.5) is 4.79 Å². The lowest BCUT2D eigenvalue weighted by Gasteiger charge is -2.33. The van der Waals surface area contributed by atoms with E-state index in [4.69, 9.17) is 5.11 Å². The molecule has 21 heavy (non-hydrogen) atoms. The molecule has 2 unspecified atom stereocenters. The van der Waals surface area contributed by atoms with Crippen LogP contribution in [-0.4, -0.2) is 52.0 Å². The summed E-state index contributed by atoms with van der Waals surface area (Å²) in [6, 6.07) is -2.00. The summed E-state index contributed by atoms with van der Waals surface area (Å²) in [5.41, 5.74) is 0.858. The van der Waals surface area contributed by atoms with Crippen molar-refractivity contribution in [1.29, 1.82) is 0 Å². The smallest absolute Gasteiger partial charge is 0.328 e. The standard InChI is InChI=1S/C12H16N4O4S/c1-6-5-21-10(14-6)7(2)15-12(20)16-4-9(17)13-3-8(16)11(18)19/h5,7-8H,3-4H2,1-2H3,(H,13,17)(H,15,20)(H,18,19). The van der Waals surface area contributed by atoms with E-state index in [0.29, 0.717) is 0 Å². The SMILES string of the molecule is Cc1csc(C(C)NC(=O)N2CC(=O)NCC2C(=O)O)n1. The number of piperazine rings is 1. The van der Waals surface area contributed by atoms with Crippen LogP contribution in [0.15, 0.2) is 5.38 Å². The first-order chi connectivity index (χ1) is 9.88. The highest BCUT2D eigenvalue weighted by Gasteiger charge is 2.35. The van der Waals surface area contributed by atoms with E-state index in [1.165, 1.54) is 11.3 Å². The zero-order valence-corrected chi connectivity index (χ0v) is 12.4. The topological polar surface area (TPSA) is 112 Å². The van der Waals surface area contributed by atoms with E-state index in [2.05, 4.69) is 15.6 Å². The second-order valence-corrected chi connectivity index (χ2v) is 5.67. The van der Waals surface area contributed by atoms with Gasteiger partial charge in [0.1, 0.15) is 17.6 Å². The molecule has 9 heteroatoms. The van der Waals surface area contributed by atoms with Crippen LogP contribution >= 0.6 is 11.3 Å². The van der Waals surface area contributed by atoms with Gasteiger partial charge in [-0.1, -0.05) is 0 Å². The van der Waals surface area contributed by atoms with Gasteiger partial charge in [-0.3, -0.25) is 9.69 Å². The minimum atomic E-state index is -1.15. The van der Waals surface area contributed by atoms with Crippen molar-refractivity contribution in [2.45, 2.75) is 25.9 Å². The van der Waals surface area contributed by atoms with Crippen molar-refractivity contribution >= 4 is 29.2 Å². The molecule has 2 heterocycles. The first-order valence-corrected chi connectivity index (χ1v) is 7.25. The summed E-state index contributed by atoms with van der Waals surface area (Å²) in [6.07, 6.45) is 0. The molecule has 1 aliphatic rings. The van der Waals surface area contributed by atoms with Crippen LogP contribution in [0, 0.1) is 6.92 Å². The molecular weight excluding hydrogens is 296 g/mol. The number of aryl methyl sites for hydroxylation is 1. The lowest BCUT2D eigenvalue weighted by atomic mass is 10.2. The molecule has 0 radical (unpaired) electrons. The number of nitrogens with zero attached hydrogens (tertiary/aromatic N) is 2. The fourth-order valence-corrected chi connectivity index (χ4v) is 2.78. The second kappa shape index (κ2) is 6.08. The van der Waals surface area contributed by atoms with Crippen LogP contribution < -0.4 is 10.6 Å². The van der Waals surface area contributed by atoms with Crippen molar-refractivity contribution in [1.82, 2.24) is 20.5 Å². The quantitative estimate of drug-likeness (QED) is 0.733. The Morgan fingerprint density at radius 1 is 1.62 bits per heavy atom. The van der Waals surface area contributed by atoms with Crippen LogP contribution in [0.25, 0.3) is 0 Å². The molecule has 0 aromatic carbocycles. The van der Waals surface area contributed by atoms with Crippen molar-refractivity contribution < 1.29 is 19.5 Å². The Hall–Kier alpha value is -2.16. The van der Waals surface area contributed by atoms with Crippen LogP contribution in [0.2, 0.25) is 0 Å². The van der Waals surface area contributed by atoms with Crippen molar-refractivity contribution in [2.75, 3.05) is 13.1 Å². The van der Waals surface area contributed by atoms with Gasteiger partial charge >= 0.3 is 12.0 Å². The lowest BCUT2D eigenvalue weighted by Crippen LogP contribution is -2.61. The number of rotatable bonds is 3. The maximum atomic E-state index is 12.2. The third kappa shape index (κ3) is 3.48. The molecule has 0 saturated carbocycles. The van der Waals surface area contributed by atoms with E-state index < -0.39 is 18.0 Å². The molecule has 0 aliphatic carbocycles. The predicted molar refractivity (Wildman–Crippen MR) is 74.9 cm³/mol. The first kappa shape index (κ1) is 15.2. The van der Waals surface area contributed by atoms with E-state index in [1.807, 2.05) is 12.3 Å². The molecule has 1 aromatic rings. The Morgan fingerprint density at radius 3 is 2.90 bits per heavy atom. The molecule has 2 atom stereocenters. The number of hydrogen-bond acceptors (Lipinski definition) is 5. The molecule has 8 nitrogen and oxygen atoms in total. The fourth-order valence-electron chi connectivity index (χ4n) is 1.98. The molecule has 1 saturated heterocycles. The second-order valence-electron chi connectivity index (χ2n) is 4.78. The monoisotopic (exact) mass is 312 g/mol. The van der Waals surface area contributed by atoms with Gasteiger partial charge in [-0.15, -0.1) is 11.3 Å². The fraction of sp³-hybridized carbons (Fsp3) is 0.500. The third-order valence-corrected chi connectivity index (χ3v) is 4.22. The van der Waals surface area contributed by atoms with E-state index >= 15 is 0 Å². The number of thiazole rings is 1. The maximum Gasteiger partial charge on any atom is 0.328 e. The molecule has 0 bridgehead atoms. The highest BCUT2D eigenvalue weighted by atomic mass is 32.1. The number of carbonyl (C=O) groups is 3. The van der Waals surface area contributed by atoms with Gasteiger partial charge in [-0.2, -0.15) is 0 Å². The number of aromatic nitrogens is 1. The molecule has 3 amide bonds. The number of carboxylic acids is 1. The summed E-state index contributed by atoms with van der Waals surface area (Å²) < 4.78 is 0. The molecule has 1 aromatic heterocycles. The zero-order chi connectivity index (χ0) is 15.6. The maximum absolute atomic E-state index is 12.2. The molecule has 1 aliphatic heterocycles. The normalized spacial score (nSPS) is 19.8. The van der Waals surface area contributed by atoms with Crippen LogP contribution in [0.5, 0.6) is 0 Å². The summed E-state index contributed by atoms with van der Waals surface area (Å²) in [5, 5.41) is 16.8. The summed E-state index contributed by atoms with van der Waals surface area (Å²) in [6.45, 7) is 3.25. The van der Waals surface area contributed by atoms with Gasteiger partial charge in [0, 0.05) is 17.6 Å². The number of carbonyl (C=O) groups excluding carboxylic acids is 2. The highest BCUT2D eigenvalue weighted by Crippen LogP contribution is 2.18. The van der Waals surface area contributed by atoms with Crippen molar-refractivity contribution in [3.05, 3.63) is 16.1 Å². The number of hydrogen-bond donors (Lipinski definition) is 3. The third-order valence-electron chi connectivity index (χ3n) is 3.08. The molecule has 0 spiro atoms. The minimum Gasteiger partial charge on any atom is -0.480 e. The predicted octanol–water partition coefficient (Wildman–Crippen LogP) is 0.107. The van der Waals surface area contributed by atoms with Gasteiger partial charge < -0.3 is 15.7 Å². The molecule has 2 rings (SSSR count). The average Bonchev–Trinajstić information content (AvgIpc) is 2.85. The van der Waals surface area contributed by atoms with E-state index in [1.54, 1.807) is 6.92 Å². The zero-order valence-electron chi connectivity index (χ0n) is 11.6. The van der Waals surface area contributed by atoms with E-state index in [0.717, 1.165) is 15.6 Å². The summed E-state index contributed by atoms with van der Waals surface area (Å²) in [5.74, 6) is -1.52. The molecule has 114 valence electrons. The largest absolute Gasteiger partial charge is 0.480 e. The molecule has 1 fully saturated rings. The summed E-state index contributed by atoms with van der Waals surface area (Å²) in [4.78, 5) is 40.0. The van der Waals surface area contributed by atoms with Crippen molar-refractivity contribution in [3.63, 3.8) is 0 Å². The van der Waals surface area contributed by atoms with E-state index in [-0.39, 0.29) is 25.0 Å². The first-order valence-electron chi connectivity index (χ1n) is 6.37. The van der Waals surface area contributed by atoms with Crippen LogP contribution in [0.1, 0.15) is 23.7 Å². The highest BCUT2D eigenvalue weighted by molar-refractivity contribution is 7.09. The summed E-state index contributed by atoms with van der Waals surface area (Å²) in [7, 11) is 0. The van der Waals surface area contributed by atoms with Gasteiger partial charge in [0.15, 0.2) is 0 Å². The number of nitrogens with one attached hydrogen (secondary N) is 2. The number of carboxylic acid groups (broad SMARTS) is 1. The Morgan fingerprint density at radius 2 is 2.33 bits per heavy atom. The van der Waals surface area contributed by atoms with E-state index in [9.17, 15) is 14.4 Å². The van der Waals surface area contributed by atoms with Crippen LogP contribution in [-0.2, 0) is 9.59 Å². The Kier molecular flexibility index (Phi) is 4.41. The van der Waals surface area contributed by atoms with Gasteiger partial charge in [0.05, 0.1) is 6.04 Å². The van der Waals surface area contributed by atoms with Crippen LogP contribution in [0.3, 0.4) is 0 Å².